The summed E-state index contributed by atoms with van der Waals surface area (Å²) in [4.78, 5) is 11.4. The van der Waals surface area contributed by atoms with Crippen LogP contribution in [0.25, 0.3) is 0 Å². The minimum absolute atomic E-state index is 0.395. The summed E-state index contributed by atoms with van der Waals surface area (Å²) < 4.78 is 5.48. The fourth-order valence-electron chi connectivity index (χ4n) is 1.51. The topological polar surface area (TPSA) is 26.3 Å². The van der Waals surface area contributed by atoms with Gasteiger partial charge in [0.1, 0.15) is 0 Å². The lowest BCUT2D eigenvalue weighted by Gasteiger charge is -2.16. The molecule has 0 bridgehead atoms. The molecule has 0 amide bonds. The monoisotopic (exact) mass is 256 g/mol. The summed E-state index contributed by atoms with van der Waals surface area (Å²) >= 11 is 0. The molecule has 0 N–H and O–H groups in total. The van der Waals surface area contributed by atoms with E-state index in [1.54, 1.807) is 0 Å². The molecule has 0 unspecified atom stereocenters. The van der Waals surface area contributed by atoms with Crippen molar-refractivity contribution in [3.05, 3.63) is 73.3 Å². The summed E-state index contributed by atoms with van der Waals surface area (Å²) in [5.74, 6) is -0.395. The molecule has 0 aliphatic carbocycles. The predicted octanol–water partition coefficient (Wildman–Crippen LogP) is 2.76. The molecule has 0 fully saturated rings. The van der Waals surface area contributed by atoms with Gasteiger partial charge in [0.2, 0.25) is 0 Å². The van der Waals surface area contributed by atoms with Gasteiger partial charge >= 0.3 is 5.97 Å². The molecule has 2 nitrogen and oxygen atoms in total. The molecular formula is C15H13O2P. The third-order valence-corrected chi connectivity index (χ3v) is 4.23. The quantitative estimate of drug-likeness (QED) is 0.621. The number of carbonyl (C=O) groups excluding carboxylic acids is 1. The van der Waals surface area contributed by atoms with Gasteiger partial charge in [0, 0.05) is 16.7 Å². The van der Waals surface area contributed by atoms with Crippen molar-refractivity contribution in [2.75, 3.05) is 0 Å². The summed E-state index contributed by atoms with van der Waals surface area (Å²) in [6, 6.07) is 19.5. The molecule has 0 saturated carbocycles. The summed E-state index contributed by atoms with van der Waals surface area (Å²) in [6.45, 7) is 3.44. The first-order chi connectivity index (χ1) is 8.81. The van der Waals surface area contributed by atoms with Crippen molar-refractivity contribution >= 4 is 24.7 Å². The third kappa shape index (κ3) is 3.06. The van der Waals surface area contributed by atoms with E-state index in [9.17, 15) is 4.79 Å². The number of benzene rings is 2. The van der Waals surface area contributed by atoms with Crippen molar-refractivity contribution in [3.63, 3.8) is 0 Å². The van der Waals surface area contributed by atoms with Crippen LogP contribution in [0.2, 0.25) is 0 Å². The summed E-state index contributed by atoms with van der Waals surface area (Å²) in [7, 11) is -1.12. The van der Waals surface area contributed by atoms with Gasteiger partial charge in [0.25, 0.3) is 0 Å². The van der Waals surface area contributed by atoms with E-state index in [0.29, 0.717) is 0 Å². The van der Waals surface area contributed by atoms with Crippen LogP contribution in [0.5, 0.6) is 0 Å². The number of carbonyl (C=O) groups is 1. The molecule has 0 aliphatic heterocycles. The summed E-state index contributed by atoms with van der Waals surface area (Å²) in [5.41, 5.74) is 0. The Morgan fingerprint density at radius 2 is 1.39 bits per heavy atom. The molecular weight excluding hydrogens is 243 g/mol. The van der Waals surface area contributed by atoms with Crippen LogP contribution >= 0.6 is 8.15 Å². The Bertz CT molecular complexity index is 483. The highest BCUT2D eigenvalue weighted by Crippen LogP contribution is 2.34. The molecule has 0 aromatic heterocycles. The highest BCUT2D eigenvalue weighted by Gasteiger charge is 2.17. The van der Waals surface area contributed by atoms with Crippen molar-refractivity contribution in [2.24, 2.45) is 0 Å². The molecule has 2 aromatic rings. The van der Waals surface area contributed by atoms with Gasteiger partial charge in [-0.3, -0.25) is 0 Å². The van der Waals surface area contributed by atoms with Gasteiger partial charge in [-0.15, -0.1) is 0 Å². The Morgan fingerprint density at radius 1 is 0.944 bits per heavy atom. The molecule has 0 aliphatic rings. The molecule has 0 radical (unpaired) electrons. The minimum atomic E-state index is -1.12. The predicted molar refractivity (Wildman–Crippen MR) is 75.4 cm³/mol. The maximum absolute atomic E-state index is 11.4. The fraction of sp³-hybridized carbons (Fsp3) is 0. The van der Waals surface area contributed by atoms with Crippen LogP contribution < -0.4 is 10.6 Å². The van der Waals surface area contributed by atoms with Crippen LogP contribution in [0.3, 0.4) is 0 Å². The highest BCUT2D eigenvalue weighted by molar-refractivity contribution is 7.69. The van der Waals surface area contributed by atoms with Crippen LogP contribution in [0.4, 0.5) is 0 Å². The van der Waals surface area contributed by atoms with E-state index < -0.39 is 14.1 Å². The largest absolute Gasteiger partial charge is 0.432 e. The second-order valence-electron chi connectivity index (χ2n) is 3.58. The molecule has 2 aromatic carbocycles. The standard InChI is InChI=1S/C15H13O2P/c1-2-15(16)17-18(13-9-5-3-6-10-13)14-11-7-4-8-12-14/h2-12H,1H2. The van der Waals surface area contributed by atoms with Crippen LogP contribution in [0.15, 0.2) is 73.3 Å². The van der Waals surface area contributed by atoms with E-state index in [0.717, 1.165) is 10.6 Å². The first-order valence-corrected chi connectivity index (χ1v) is 6.82. The van der Waals surface area contributed by atoms with E-state index >= 15 is 0 Å². The van der Waals surface area contributed by atoms with Gasteiger partial charge < -0.3 is 4.52 Å². The molecule has 3 heteroatoms. The van der Waals surface area contributed by atoms with Gasteiger partial charge in [-0.05, 0) is 0 Å². The maximum atomic E-state index is 11.4. The molecule has 0 saturated heterocycles. The fourth-order valence-corrected chi connectivity index (χ4v) is 3.16. The van der Waals surface area contributed by atoms with Crippen LogP contribution in [0, 0.1) is 0 Å². The molecule has 2 rings (SSSR count). The Morgan fingerprint density at radius 3 is 1.78 bits per heavy atom. The highest BCUT2D eigenvalue weighted by atomic mass is 31.1. The lowest BCUT2D eigenvalue weighted by molar-refractivity contribution is -0.128. The van der Waals surface area contributed by atoms with Gasteiger partial charge in [0.15, 0.2) is 8.15 Å². The third-order valence-electron chi connectivity index (χ3n) is 2.33. The van der Waals surface area contributed by atoms with E-state index in [1.807, 2.05) is 60.7 Å². The van der Waals surface area contributed by atoms with Gasteiger partial charge in [-0.2, -0.15) is 0 Å². The maximum Gasteiger partial charge on any atom is 0.333 e. The van der Waals surface area contributed by atoms with Gasteiger partial charge in [-0.1, -0.05) is 67.2 Å². The van der Waals surface area contributed by atoms with Crippen molar-refractivity contribution in [3.8, 4) is 0 Å². The van der Waals surface area contributed by atoms with Crippen molar-refractivity contribution in [2.45, 2.75) is 0 Å². The Kier molecular flexibility index (Phi) is 4.27. The van der Waals surface area contributed by atoms with Crippen molar-refractivity contribution < 1.29 is 9.32 Å². The van der Waals surface area contributed by atoms with E-state index in [4.69, 9.17) is 4.52 Å². The zero-order chi connectivity index (χ0) is 12.8. The van der Waals surface area contributed by atoms with Gasteiger partial charge in [-0.25, -0.2) is 4.79 Å². The molecule has 90 valence electrons. The Hall–Kier alpha value is -1.92. The normalized spacial score (nSPS) is 10.1. The van der Waals surface area contributed by atoms with E-state index in [-0.39, 0.29) is 0 Å². The Labute approximate surface area is 108 Å². The second-order valence-corrected chi connectivity index (χ2v) is 5.38. The zero-order valence-electron chi connectivity index (χ0n) is 9.82. The van der Waals surface area contributed by atoms with E-state index in [1.165, 1.54) is 6.08 Å². The average molecular weight is 256 g/mol. The average Bonchev–Trinajstić information content (AvgIpc) is 2.46. The number of rotatable bonds is 4. The molecule has 0 atom stereocenters. The molecule has 18 heavy (non-hydrogen) atoms. The number of hydrogen-bond donors (Lipinski definition) is 0. The molecule has 0 heterocycles. The van der Waals surface area contributed by atoms with Crippen molar-refractivity contribution in [1.82, 2.24) is 0 Å². The first-order valence-electron chi connectivity index (χ1n) is 5.56. The summed E-state index contributed by atoms with van der Waals surface area (Å²) in [6.07, 6.45) is 1.20. The van der Waals surface area contributed by atoms with E-state index in [2.05, 4.69) is 6.58 Å². The second kappa shape index (κ2) is 6.13. The summed E-state index contributed by atoms with van der Waals surface area (Å²) in [5, 5.41) is 2.02. The van der Waals surface area contributed by atoms with Crippen molar-refractivity contribution in [1.29, 1.82) is 0 Å². The van der Waals surface area contributed by atoms with Crippen LogP contribution in [0.1, 0.15) is 0 Å². The minimum Gasteiger partial charge on any atom is -0.432 e. The zero-order valence-corrected chi connectivity index (χ0v) is 10.7. The van der Waals surface area contributed by atoms with Crippen LogP contribution in [-0.2, 0) is 9.32 Å². The van der Waals surface area contributed by atoms with Crippen LogP contribution in [-0.4, -0.2) is 5.97 Å². The molecule has 0 spiro atoms. The Balaban J connectivity index is 2.35. The smallest absolute Gasteiger partial charge is 0.333 e. The first kappa shape index (κ1) is 12.5. The lowest BCUT2D eigenvalue weighted by Crippen LogP contribution is -2.15. The number of hydrogen-bond acceptors (Lipinski definition) is 2. The SMILES string of the molecule is C=CC(=O)OP(c1ccccc1)c1ccccc1. The van der Waals surface area contributed by atoms with Gasteiger partial charge in [0.05, 0.1) is 0 Å². The lowest BCUT2D eigenvalue weighted by atomic mass is 10.4.